The largest absolute Gasteiger partial charge is 0.352 e. The van der Waals surface area contributed by atoms with Crippen molar-refractivity contribution in [3.05, 3.63) is 64.1 Å². The van der Waals surface area contributed by atoms with Crippen LogP contribution in [-0.4, -0.2) is 33.2 Å². The first-order valence-corrected chi connectivity index (χ1v) is 11.0. The van der Waals surface area contributed by atoms with Gasteiger partial charge in [0, 0.05) is 6.04 Å². The lowest BCUT2D eigenvalue weighted by Gasteiger charge is -2.24. The Morgan fingerprint density at radius 2 is 1.78 bits per heavy atom. The lowest BCUT2D eigenvalue weighted by atomic mass is 10.1. The number of nitrogens with one attached hydrogen (secondary N) is 1. The van der Waals surface area contributed by atoms with Gasteiger partial charge in [-0.25, -0.2) is 8.42 Å². The summed E-state index contributed by atoms with van der Waals surface area (Å²) in [4.78, 5) is 12.4. The number of halogens is 2. The highest BCUT2D eigenvalue weighted by Crippen LogP contribution is 2.33. The Morgan fingerprint density at radius 1 is 1.11 bits per heavy atom. The number of amides is 1. The summed E-state index contributed by atoms with van der Waals surface area (Å²) in [5, 5.41) is 3.15. The third-order valence-electron chi connectivity index (χ3n) is 4.00. The molecule has 8 heteroatoms. The second-order valence-corrected chi connectivity index (χ2v) is 9.03. The van der Waals surface area contributed by atoms with Crippen molar-refractivity contribution in [2.45, 2.75) is 25.8 Å². The van der Waals surface area contributed by atoms with E-state index in [4.69, 9.17) is 23.2 Å². The van der Waals surface area contributed by atoms with Crippen molar-refractivity contribution >= 4 is 44.8 Å². The summed E-state index contributed by atoms with van der Waals surface area (Å²) >= 11 is 12.1. The molecule has 27 heavy (non-hydrogen) atoms. The Balaban J connectivity index is 2.03. The highest BCUT2D eigenvalue weighted by atomic mass is 35.5. The van der Waals surface area contributed by atoms with E-state index >= 15 is 0 Å². The van der Waals surface area contributed by atoms with Crippen LogP contribution in [0, 0.1) is 0 Å². The third kappa shape index (κ3) is 6.41. The van der Waals surface area contributed by atoms with E-state index < -0.39 is 15.9 Å². The minimum atomic E-state index is -3.71. The van der Waals surface area contributed by atoms with Crippen molar-refractivity contribution in [1.82, 2.24) is 5.32 Å². The van der Waals surface area contributed by atoms with Gasteiger partial charge in [-0.2, -0.15) is 0 Å². The Morgan fingerprint density at radius 3 is 2.41 bits per heavy atom. The Hall–Kier alpha value is -1.76. The number of aryl methyl sites for hydroxylation is 1. The summed E-state index contributed by atoms with van der Waals surface area (Å²) in [6, 6.07) is 14.5. The highest BCUT2D eigenvalue weighted by Gasteiger charge is 2.24. The number of carbonyl (C=O) groups excluding carboxylic acids is 1. The van der Waals surface area contributed by atoms with Crippen molar-refractivity contribution in [1.29, 1.82) is 0 Å². The molecule has 2 aromatic carbocycles. The molecule has 0 radical (unpaired) electrons. The molecular formula is C19H22Cl2N2O3S. The topological polar surface area (TPSA) is 66.5 Å². The lowest BCUT2D eigenvalue weighted by molar-refractivity contribution is -0.120. The number of sulfonamides is 1. The van der Waals surface area contributed by atoms with Crippen LogP contribution >= 0.6 is 23.2 Å². The molecule has 0 aromatic heterocycles. The van der Waals surface area contributed by atoms with Crippen LogP contribution in [-0.2, 0) is 21.2 Å². The average Bonchev–Trinajstić information content (AvgIpc) is 2.60. The number of anilines is 1. The fourth-order valence-corrected chi connectivity index (χ4v) is 3.93. The van der Waals surface area contributed by atoms with Crippen LogP contribution in [0.2, 0.25) is 10.0 Å². The summed E-state index contributed by atoms with van der Waals surface area (Å²) in [5.41, 5.74) is 1.36. The molecule has 2 rings (SSSR count). The van der Waals surface area contributed by atoms with Crippen molar-refractivity contribution < 1.29 is 13.2 Å². The van der Waals surface area contributed by atoms with Crippen molar-refractivity contribution in [2.75, 3.05) is 17.1 Å². The highest BCUT2D eigenvalue weighted by molar-refractivity contribution is 7.92. The van der Waals surface area contributed by atoms with E-state index in [9.17, 15) is 13.2 Å². The molecular weight excluding hydrogens is 407 g/mol. The smallest absolute Gasteiger partial charge is 0.240 e. The van der Waals surface area contributed by atoms with Gasteiger partial charge >= 0.3 is 0 Å². The molecule has 0 heterocycles. The summed E-state index contributed by atoms with van der Waals surface area (Å²) < 4.78 is 25.3. The first-order chi connectivity index (χ1) is 12.7. The Labute approximate surface area is 170 Å². The zero-order valence-corrected chi connectivity index (χ0v) is 17.5. The third-order valence-corrected chi connectivity index (χ3v) is 5.94. The lowest BCUT2D eigenvalue weighted by Crippen LogP contribution is -2.43. The van der Waals surface area contributed by atoms with Crippen LogP contribution in [0.15, 0.2) is 48.5 Å². The van der Waals surface area contributed by atoms with Crippen molar-refractivity contribution in [3.8, 4) is 0 Å². The maximum atomic E-state index is 12.4. The van der Waals surface area contributed by atoms with E-state index in [2.05, 4.69) is 5.32 Å². The van der Waals surface area contributed by atoms with Crippen LogP contribution in [0.5, 0.6) is 0 Å². The number of hydrogen-bond acceptors (Lipinski definition) is 3. The van der Waals surface area contributed by atoms with Gasteiger partial charge in [0.1, 0.15) is 6.54 Å². The zero-order valence-electron chi connectivity index (χ0n) is 15.2. The first-order valence-electron chi connectivity index (χ1n) is 8.43. The molecule has 1 N–H and O–H groups in total. The normalized spacial score (nSPS) is 12.4. The maximum absolute atomic E-state index is 12.4. The SMILES string of the molecule is C[C@H](CCc1ccccc1)NC(=O)CN(c1cccc(Cl)c1Cl)S(C)(=O)=O. The molecule has 0 unspecified atom stereocenters. The molecule has 1 atom stereocenters. The second kappa shape index (κ2) is 9.44. The van der Waals surface area contributed by atoms with Crippen LogP contribution in [0.4, 0.5) is 5.69 Å². The van der Waals surface area contributed by atoms with E-state index in [1.165, 1.54) is 11.6 Å². The maximum Gasteiger partial charge on any atom is 0.240 e. The Bertz CT molecular complexity index is 889. The molecule has 0 bridgehead atoms. The van der Waals surface area contributed by atoms with Gasteiger partial charge in [-0.15, -0.1) is 0 Å². The Kier molecular flexibility index (Phi) is 7.53. The van der Waals surface area contributed by atoms with Crippen LogP contribution < -0.4 is 9.62 Å². The van der Waals surface area contributed by atoms with E-state index in [1.54, 1.807) is 12.1 Å². The van der Waals surface area contributed by atoms with E-state index in [0.29, 0.717) is 0 Å². The monoisotopic (exact) mass is 428 g/mol. The molecule has 0 aliphatic heterocycles. The molecule has 2 aromatic rings. The van der Waals surface area contributed by atoms with E-state index in [1.807, 2.05) is 37.3 Å². The van der Waals surface area contributed by atoms with Gasteiger partial charge in [-0.3, -0.25) is 9.10 Å². The first kappa shape index (κ1) is 21.5. The van der Waals surface area contributed by atoms with Crippen LogP contribution in [0.25, 0.3) is 0 Å². The van der Waals surface area contributed by atoms with Crippen LogP contribution in [0.3, 0.4) is 0 Å². The van der Waals surface area contributed by atoms with Gasteiger partial charge < -0.3 is 5.32 Å². The summed E-state index contributed by atoms with van der Waals surface area (Å²) in [6.45, 7) is 1.52. The van der Waals surface area contributed by atoms with Gasteiger partial charge in [0.2, 0.25) is 15.9 Å². The molecule has 0 spiro atoms. The van der Waals surface area contributed by atoms with E-state index in [-0.39, 0.29) is 28.3 Å². The van der Waals surface area contributed by atoms with Gasteiger partial charge in [-0.1, -0.05) is 59.6 Å². The number of nitrogens with zero attached hydrogens (tertiary/aromatic N) is 1. The fraction of sp³-hybridized carbons (Fsp3) is 0.316. The molecule has 0 aliphatic rings. The van der Waals surface area contributed by atoms with Crippen molar-refractivity contribution in [2.24, 2.45) is 0 Å². The second-order valence-electron chi connectivity index (χ2n) is 6.34. The minimum Gasteiger partial charge on any atom is -0.352 e. The van der Waals surface area contributed by atoms with Gasteiger partial charge in [0.25, 0.3) is 0 Å². The zero-order chi connectivity index (χ0) is 20.0. The molecule has 0 fully saturated rings. The standard InChI is InChI=1S/C19H22Cl2N2O3S/c1-14(11-12-15-7-4-3-5-8-15)22-18(24)13-23(27(2,25)26)17-10-6-9-16(20)19(17)21/h3-10,14H,11-13H2,1-2H3,(H,22,24)/t14-/m1/s1. The predicted molar refractivity (Wildman–Crippen MR) is 111 cm³/mol. The minimum absolute atomic E-state index is 0.0921. The quantitative estimate of drug-likeness (QED) is 0.692. The molecule has 0 saturated heterocycles. The van der Waals surface area contributed by atoms with Gasteiger partial charge in [0.15, 0.2) is 0 Å². The summed E-state index contributed by atoms with van der Waals surface area (Å²) in [7, 11) is -3.71. The molecule has 1 amide bonds. The van der Waals surface area contributed by atoms with Crippen molar-refractivity contribution in [3.63, 3.8) is 0 Å². The fourth-order valence-electron chi connectivity index (χ4n) is 2.62. The summed E-state index contributed by atoms with van der Waals surface area (Å²) in [5.74, 6) is -0.406. The molecule has 0 aliphatic carbocycles. The predicted octanol–water partition coefficient (Wildman–Crippen LogP) is 3.90. The molecule has 0 saturated carbocycles. The van der Waals surface area contributed by atoms with E-state index in [0.717, 1.165) is 23.4 Å². The molecule has 146 valence electrons. The van der Waals surface area contributed by atoms with Gasteiger partial charge in [-0.05, 0) is 37.5 Å². The van der Waals surface area contributed by atoms with Gasteiger partial charge in [0.05, 0.1) is 22.0 Å². The number of carbonyl (C=O) groups is 1. The number of hydrogen-bond donors (Lipinski definition) is 1. The average molecular weight is 429 g/mol. The molecule has 5 nitrogen and oxygen atoms in total. The number of rotatable bonds is 8. The number of benzene rings is 2. The summed E-state index contributed by atoms with van der Waals surface area (Å²) in [6.07, 6.45) is 2.58. The van der Waals surface area contributed by atoms with Crippen LogP contribution in [0.1, 0.15) is 18.9 Å².